The van der Waals surface area contributed by atoms with Gasteiger partial charge in [-0.05, 0) is 48.0 Å². The van der Waals surface area contributed by atoms with Gasteiger partial charge < -0.3 is 25.1 Å². The van der Waals surface area contributed by atoms with Crippen molar-refractivity contribution in [1.29, 1.82) is 0 Å². The lowest BCUT2D eigenvalue weighted by molar-refractivity contribution is -0.116. The molecule has 0 fully saturated rings. The number of imidazole rings is 1. The molecule has 11 nitrogen and oxygen atoms in total. The Labute approximate surface area is 208 Å². The fourth-order valence-electron chi connectivity index (χ4n) is 3.94. The molecule has 5 rings (SSSR count). The predicted octanol–water partition coefficient (Wildman–Crippen LogP) is 2.98. The van der Waals surface area contributed by atoms with Crippen molar-refractivity contribution in [3.63, 3.8) is 0 Å². The fraction of sp³-hybridized carbons (Fsp3) is 0.0385. The van der Waals surface area contributed by atoms with Gasteiger partial charge in [0.15, 0.2) is 0 Å². The largest absolute Gasteiger partial charge is 0.495 e. The molecule has 0 atom stereocenters. The number of carboxylic acids is 1. The number of H-pyrrole nitrogens is 2. The highest BCUT2D eigenvalue weighted by Crippen LogP contribution is 2.28. The first-order chi connectivity index (χ1) is 17.8. The third kappa shape index (κ3) is 4.48. The quantitative estimate of drug-likeness (QED) is 0.202. The van der Waals surface area contributed by atoms with Crippen molar-refractivity contribution >= 4 is 51.9 Å². The molecule has 37 heavy (non-hydrogen) atoms. The Hall–Kier alpha value is -5.45. The molecule has 5 N–H and O–H groups in total. The number of rotatable bonds is 6. The van der Waals surface area contributed by atoms with Crippen LogP contribution in [0.25, 0.3) is 17.1 Å². The van der Waals surface area contributed by atoms with Crippen LogP contribution in [0.15, 0.2) is 76.1 Å². The molecular weight excluding hydrogens is 478 g/mol. The molecule has 1 amide bonds. The third-order valence-corrected chi connectivity index (χ3v) is 5.73. The highest BCUT2D eigenvalue weighted by Gasteiger charge is 2.30. The number of nitrogens with zero attached hydrogens (tertiary/aromatic N) is 1. The number of methoxy groups -OCH3 is 1. The number of anilines is 2. The van der Waals surface area contributed by atoms with E-state index in [0.717, 1.165) is 0 Å². The predicted molar refractivity (Wildman–Crippen MR) is 137 cm³/mol. The topological polar surface area (TPSA) is 166 Å². The van der Waals surface area contributed by atoms with E-state index in [1.807, 2.05) is 0 Å². The average Bonchev–Trinajstić information content (AvgIpc) is 3.26. The van der Waals surface area contributed by atoms with Crippen molar-refractivity contribution in [2.24, 2.45) is 5.10 Å². The zero-order valence-electron chi connectivity index (χ0n) is 19.3. The van der Waals surface area contributed by atoms with E-state index in [0.29, 0.717) is 33.6 Å². The molecule has 0 spiro atoms. The van der Waals surface area contributed by atoms with Crippen molar-refractivity contribution in [1.82, 2.24) is 9.97 Å². The van der Waals surface area contributed by atoms with Crippen LogP contribution >= 0.6 is 0 Å². The smallest absolute Gasteiger partial charge is 0.335 e. The Morgan fingerprint density at radius 1 is 0.973 bits per heavy atom. The Morgan fingerprint density at radius 3 is 2.54 bits per heavy atom. The van der Waals surface area contributed by atoms with Crippen LogP contribution in [0.3, 0.4) is 0 Å². The summed E-state index contributed by atoms with van der Waals surface area (Å²) in [4.78, 5) is 54.7. The average molecular weight is 497 g/mol. The van der Waals surface area contributed by atoms with Gasteiger partial charge in [-0.15, -0.1) is 0 Å². The van der Waals surface area contributed by atoms with Crippen LogP contribution in [-0.4, -0.2) is 45.6 Å². The highest BCUT2D eigenvalue weighted by atomic mass is 16.5. The van der Waals surface area contributed by atoms with E-state index in [4.69, 9.17) is 4.74 Å². The van der Waals surface area contributed by atoms with Gasteiger partial charge in [0.05, 0.1) is 35.0 Å². The lowest BCUT2D eigenvalue weighted by Crippen LogP contribution is -2.30. The molecular formula is C26H19N5O6. The molecule has 0 radical (unpaired) electrons. The first kappa shape index (κ1) is 23.3. The minimum Gasteiger partial charge on any atom is -0.495 e. The third-order valence-electron chi connectivity index (χ3n) is 5.73. The van der Waals surface area contributed by atoms with Crippen LogP contribution in [0.2, 0.25) is 0 Å². The SMILES string of the molecule is COc1ccc(C(=O)O)cc1N/N=C1\C(=O)C(C(=O)Nc2ccc3[nH]c(=O)[nH]c3c2)=Cc2ccccc21. The summed E-state index contributed by atoms with van der Waals surface area (Å²) < 4.78 is 5.26. The zero-order valence-corrected chi connectivity index (χ0v) is 19.3. The Morgan fingerprint density at radius 2 is 1.76 bits per heavy atom. The maximum absolute atomic E-state index is 13.4. The van der Waals surface area contributed by atoms with Gasteiger partial charge in [0.2, 0.25) is 5.78 Å². The number of hydrogen-bond donors (Lipinski definition) is 5. The van der Waals surface area contributed by atoms with Gasteiger partial charge in [0.1, 0.15) is 11.5 Å². The number of aromatic carboxylic acids is 1. The van der Waals surface area contributed by atoms with E-state index < -0.39 is 17.7 Å². The Bertz CT molecular complexity index is 1710. The lowest BCUT2D eigenvalue weighted by Gasteiger charge is -2.18. The van der Waals surface area contributed by atoms with Crippen LogP contribution in [0.5, 0.6) is 5.75 Å². The Balaban J connectivity index is 1.48. The van der Waals surface area contributed by atoms with E-state index in [2.05, 4.69) is 25.8 Å². The molecule has 11 heteroatoms. The van der Waals surface area contributed by atoms with Gasteiger partial charge in [-0.1, -0.05) is 24.3 Å². The van der Waals surface area contributed by atoms with E-state index in [1.54, 1.807) is 42.5 Å². The van der Waals surface area contributed by atoms with E-state index in [9.17, 15) is 24.3 Å². The minimum atomic E-state index is -1.14. The first-order valence-corrected chi connectivity index (χ1v) is 11.0. The summed E-state index contributed by atoms with van der Waals surface area (Å²) in [5.74, 6) is -2.11. The van der Waals surface area contributed by atoms with Crippen molar-refractivity contribution in [2.75, 3.05) is 17.9 Å². The summed E-state index contributed by atoms with van der Waals surface area (Å²) in [7, 11) is 1.42. The van der Waals surface area contributed by atoms with Crippen molar-refractivity contribution in [3.8, 4) is 5.75 Å². The van der Waals surface area contributed by atoms with Crippen molar-refractivity contribution in [3.05, 3.63) is 93.4 Å². The minimum absolute atomic E-state index is 0.000398. The molecule has 0 saturated heterocycles. The van der Waals surface area contributed by atoms with Gasteiger partial charge in [-0.3, -0.25) is 15.0 Å². The number of aromatic amines is 2. The fourth-order valence-corrected chi connectivity index (χ4v) is 3.94. The number of amides is 1. The lowest BCUT2D eigenvalue weighted by atomic mass is 9.89. The number of fused-ring (bicyclic) bond motifs is 2. The number of ketones is 1. The number of Topliss-reactive ketones (excluding diaryl/α,β-unsaturated/α-hetero) is 1. The summed E-state index contributed by atoms with van der Waals surface area (Å²) in [6.45, 7) is 0. The molecule has 1 heterocycles. The number of benzene rings is 3. The molecule has 1 aliphatic rings. The highest BCUT2D eigenvalue weighted by molar-refractivity contribution is 6.59. The summed E-state index contributed by atoms with van der Waals surface area (Å²) in [6.07, 6.45) is 1.48. The van der Waals surface area contributed by atoms with Crippen LogP contribution in [0.4, 0.5) is 11.4 Å². The second kappa shape index (κ2) is 9.30. The normalized spacial score (nSPS) is 13.7. The monoisotopic (exact) mass is 497 g/mol. The second-order valence-corrected chi connectivity index (χ2v) is 8.06. The first-order valence-electron chi connectivity index (χ1n) is 11.0. The summed E-state index contributed by atoms with van der Waals surface area (Å²) in [6, 6.07) is 15.9. The number of nitrogens with one attached hydrogen (secondary N) is 4. The maximum Gasteiger partial charge on any atom is 0.335 e. The van der Waals surface area contributed by atoms with Gasteiger partial charge in [0, 0.05) is 11.3 Å². The second-order valence-electron chi connectivity index (χ2n) is 8.06. The van der Waals surface area contributed by atoms with Crippen molar-refractivity contribution < 1.29 is 24.2 Å². The maximum atomic E-state index is 13.4. The molecule has 184 valence electrons. The van der Waals surface area contributed by atoms with E-state index >= 15 is 0 Å². The summed E-state index contributed by atoms with van der Waals surface area (Å²) in [5, 5.41) is 16.2. The Kier molecular flexibility index (Phi) is 5.86. The zero-order chi connectivity index (χ0) is 26.1. The number of carbonyl (C=O) groups is 3. The number of hydrazone groups is 1. The number of aromatic nitrogens is 2. The van der Waals surface area contributed by atoms with Gasteiger partial charge in [-0.2, -0.15) is 5.10 Å². The molecule has 0 unspecified atom stereocenters. The van der Waals surface area contributed by atoms with Gasteiger partial charge >= 0.3 is 11.7 Å². The van der Waals surface area contributed by atoms with E-state index in [-0.39, 0.29) is 28.2 Å². The number of ether oxygens (including phenoxy) is 1. The summed E-state index contributed by atoms with van der Waals surface area (Å²) in [5.41, 5.74) is 4.95. The van der Waals surface area contributed by atoms with Crippen molar-refractivity contribution in [2.45, 2.75) is 0 Å². The summed E-state index contributed by atoms with van der Waals surface area (Å²) >= 11 is 0. The molecule has 4 aromatic rings. The van der Waals surface area contributed by atoms with Crippen LogP contribution in [0, 0.1) is 0 Å². The standard InChI is InChI=1S/C26H19N5O6/c1-37-21-9-6-14(25(34)35)11-20(21)30-31-22-16-5-3-2-4-13(16)10-17(23(22)32)24(33)27-15-7-8-18-19(12-15)29-26(36)28-18/h2-12,30H,1H3,(H,27,33)(H,34,35)(H2,28,29,36)/b31-22-. The molecule has 0 bridgehead atoms. The number of hydrogen-bond acceptors (Lipinski definition) is 7. The van der Waals surface area contributed by atoms with Crippen LogP contribution in [0.1, 0.15) is 21.5 Å². The molecule has 0 saturated carbocycles. The van der Waals surface area contributed by atoms with Crippen LogP contribution in [-0.2, 0) is 9.59 Å². The molecule has 1 aliphatic carbocycles. The molecule has 1 aromatic heterocycles. The van der Waals surface area contributed by atoms with Gasteiger partial charge in [-0.25, -0.2) is 9.59 Å². The van der Waals surface area contributed by atoms with E-state index in [1.165, 1.54) is 31.4 Å². The molecule has 3 aromatic carbocycles. The number of carboxylic acid groups (broad SMARTS) is 1. The molecule has 0 aliphatic heterocycles. The van der Waals surface area contributed by atoms with Crippen LogP contribution < -0.4 is 21.2 Å². The number of carbonyl (C=O) groups excluding carboxylic acids is 2. The van der Waals surface area contributed by atoms with Gasteiger partial charge in [0.25, 0.3) is 5.91 Å².